The van der Waals surface area contributed by atoms with E-state index in [1.54, 1.807) is 13.0 Å². The highest BCUT2D eigenvalue weighted by Crippen LogP contribution is 2.19. The van der Waals surface area contributed by atoms with E-state index in [0.717, 1.165) is 0 Å². The van der Waals surface area contributed by atoms with Crippen LogP contribution in [0.4, 0.5) is 5.69 Å². The van der Waals surface area contributed by atoms with Gasteiger partial charge in [-0.3, -0.25) is 4.79 Å². The van der Waals surface area contributed by atoms with Gasteiger partial charge in [0.25, 0.3) is 0 Å². The molecule has 0 saturated heterocycles. The second kappa shape index (κ2) is 5.79. The quantitative estimate of drug-likeness (QED) is 0.794. The lowest BCUT2D eigenvalue weighted by molar-refractivity contribution is -0.116. The number of sulfonamides is 1. The number of allylic oxidation sites excluding steroid dienone is 1. The summed E-state index contributed by atoms with van der Waals surface area (Å²) in [5, 5.41) is 7.72. The normalized spacial score (nSPS) is 11.0. The molecule has 1 aromatic carbocycles. The van der Waals surface area contributed by atoms with Gasteiger partial charge < -0.3 is 5.32 Å². The molecule has 0 saturated carbocycles. The van der Waals surface area contributed by atoms with Crippen LogP contribution in [0.15, 0.2) is 35.7 Å². The molecule has 0 heterocycles. The van der Waals surface area contributed by atoms with Crippen molar-refractivity contribution in [3.63, 3.8) is 0 Å². The number of anilines is 1. The van der Waals surface area contributed by atoms with E-state index >= 15 is 0 Å². The van der Waals surface area contributed by atoms with E-state index in [1.165, 1.54) is 18.2 Å². The fourth-order valence-corrected chi connectivity index (χ4v) is 2.00. The SMILES string of the molecule is C=CCCC(=O)Nc1ccc(S(N)(=O)=O)cc1C. The fraction of sp³-hybridized carbons (Fsp3) is 0.250. The Balaban J connectivity index is 2.87. The number of nitrogens with two attached hydrogens (primary N) is 1. The van der Waals surface area contributed by atoms with Crippen molar-refractivity contribution in [1.29, 1.82) is 0 Å². The van der Waals surface area contributed by atoms with Crippen molar-refractivity contribution in [2.75, 3.05) is 5.32 Å². The predicted octanol–water partition coefficient (Wildman–Crippen LogP) is 1.55. The monoisotopic (exact) mass is 268 g/mol. The highest BCUT2D eigenvalue weighted by Gasteiger charge is 2.10. The minimum atomic E-state index is -3.71. The molecule has 1 amide bonds. The van der Waals surface area contributed by atoms with E-state index in [0.29, 0.717) is 24.1 Å². The van der Waals surface area contributed by atoms with Crippen LogP contribution in [-0.4, -0.2) is 14.3 Å². The van der Waals surface area contributed by atoms with Crippen LogP contribution in [0.3, 0.4) is 0 Å². The maximum atomic E-state index is 11.5. The van der Waals surface area contributed by atoms with Gasteiger partial charge in [-0.05, 0) is 37.1 Å². The molecule has 0 radical (unpaired) electrons. The minimum absolute atomic E-state index is 0.0316. The number of rotatable bonds is 5. The molecule has 0 atom stereocenters. The van der Waals surface area contributed by atoms with Crippen LogP contribution in [-0.2, 0) is 14.8 Å². The highest BCUT2D eigenvalue weighted by molar-refractivity contribution is 7.89. The Bertz CT molecular complexity index is 565. The average Bonchev–Trinajstić information content (AvgIpc) is 2.27. The summed E-state index contributed by atoms with van der Waals surface area (Å²) in [5.74, 6) is -0.138. The number of nitrogens with one attached hydrogen (secondary N) is 1. The summed E-state index contributed by atoms with van der Waals surface area (Å²) in [7, 11) is -3.71. The predicted molar refractivity (Wildman–Crippen MR) is 70.6 cm³/mol. The molecule has 0 bridgehead atoms. The van der Waals surface area contributed by atoms with Crippen LogP contribution in [0.2, 0.25) is 0 Å². The second-order valence-electron chi connectivity index (χ2n) is 3.90. The van der Waals surface area contributed by atoms with E-state index in [4.69, 9.17) is 5.14 Å². The van der Waals surface area contributed by atoms with E-state index < -0.39 is 10.0 Å². The maximum Gasteiger partial charge on any atom is 0.238 e. The van der Waals surface area contributed by atoms with E-state index in [-0.39, 0.29) is 10.8 Å². The molecule has 0 aliphatic carbocycles. The third kappa shape index (κ3) is 3.97. The summed E-state index contributed by atoms with van der Waals surface area (Å²) in [4.78, 5) is 11.5. The molecule has 0 aromatic heterocycles. The summed E-state index contributed by atoms with van der Waals surface area (Å²) >= 11 is 0. The fourth-order valence-electron chi connectivity index (χ4n) is 1.40. The van der Waals surface area contributed by atoms with Crippen LogP contribution < -0.4 is 10.5 Å². The Morgan fingerprint density at radius 3 is 2.67 bits per heavy atom. The van der Waals surface area contributed by atoms with Crippen molar-refractivity contribution in [2.45, 2.75) is 24.7 Å². The van der Waals surface area contributed by atoms with E-state index in [2.05, 4.69) is 11.9 Å². The maximum absolute atomic E-state index is 11.5. The largest absolute Gasteiger partial charge is 0.326 e. The zero-order valence-electron chi connectivity index (χ0n) is 10.1. The van der Waals surface area contributed by atoms with Crippen LogP contribution in [0.5, 0.6) is 0 Å². The van der Waals surface area contributed by atoms with Gasteiger partial charge in [0, 0.05) is 12.1 Å². The minimum Gasteiger partial charge on any atom is -0.326 e. The molecule has 0 aliphatic rings. The second-order valence-corrected chi connectivity index (χ2v) is 5.46. The van der Waals surface area contributed by atoms with E-state index in [1.807, 2.05) is 0 Å². The van der Waals surface area contributed by atoms with Crippen molar-refractivity contribution >= 4 is 21.6 Å². The summed E-state index contributed by atoms with van der Waals surface area (Å²) in [5.41, 5.74) is 1.23. The van der Waals surface area contributed by atoms with Crippen LogP contribution in [0.1, 0.15) is 18.4 Å². The van der Waals surface area contributed by atoms with Gasteiger partial charge in [-0.25, -0.2) is 13.6 Å². The number of carbonyl (C=O) groups is 1. The van der Waals surface area contributed by atoms with Crippen molar-refractivity contribution in [1.82, 2.24) is 0 Å². The van der Waals surface area contributed by atoms with Gasteiger partial charge in [-0.15, -0.1) is 6.58 Å². The molecule has 1 rings (SSSR count). The van der Waals surface area contributed by atoms with Crippen LogP contribution in [0, 0.1) is 6.92 Å². The highest BCUT2D eigenvalue weighted by atomic mass is 32.2. The molecule has 0 spiro atoms. The molecule has 0 aliphatic heterocycles. The number of primary sulfonamides is 1. The number of hydrogen-bond acceptors (Lipinski definition) is 3. The third-order valence-corrected chi connectivity index (χ3v) is 3.29. The molecule has 6 heteroatoms. The first kappa shape index (κ1) is 14.4. The third-order valence-electron chi connectivity index (χ3n) is 2.38. The lowest BCUT2D eigenvalue weighted by Gasteiger charge is -2.09. The Morgan fingerprint density at radius 1 is 1.50 bits per heavy atom. The molecule has 5 nitrogen and oxygen atoms in total. The number of aryl methyl sites for hydroxylation is 1. The van der Waals surface area contributed by atoms with Crippen molar-refractivity contribution in [3.05, 3.63) is 36.4 Å². The molecule has 3 N–H and O–H groups in total. The number of hydrogen-bond donors (Lipinski definition) is 2. The molecule has 18 heavy (non-hydrogen) atoms. The molecule has 0 unspecified atom stereocenters. The lowest BCUT2D eigenvalue weighted by atomic mass is 10.2. The van der Waals surface area contributed by atoms with Crippen molar-refractivity contribution in [3.8, 4) is 0 Å². The number of carbonyl (C=O) groups excluding carboxylic acids is 1. The molecular weight excluding hydrogens is 252 g/mol. The van der Waals surface area contributed by atoms with Crippen LogP contribution in [0.25, 0.3) is 0 Å². The Hall–Kier alpha value is -1.66. The first-order valence-electron chi connectivity index (χ1n) is 5.39. The molecule has 98 valence electrons. The van der Waals surface area contributed by atoms with Gasteiger partial charge in [0.15, 0.2) is 0 Å². The number of benzene rings is 1. The summed E-state index contributed by atoms with van der Waals surface area (Å²) in [6, 6.07) is 4.32. The zero-order chi connectivity index (χ0) is 13.8. The van der Waals surface area contributed by atoms with Crippen molar-refractivity contribution in [2.24, 2.45) is 5.14 Å². The van der Waals surface area contributed by atoms with Crippen LogP contribution >= 0.6 is 0 Å². The molecule has 0 fully saturated rings. The van der Waals surface area contributed by atoms with Gasteiger partial charge in [0.1, 0.15) is 0 Å². The Kier molecular flexibility index (Phi) is 4.63. The van der Waals surface area contributed by atoms with E-state index in [9.17, 15) is 13.2 Å². The first-order valence-corrected chi connectivity index (χ1v) is 6.93. The first-order chi connectivity index (χ1) is 8.34. The average molecular weight is 268 g/mol. The van der Waals surface area contributed by atoms with Gasteiger partial charge in [0.05, 0.1) is 4.90 Å². The smallest absolute Gasteiger partial charge is 0.238 e. The summed E-state index contributed by atoms with van der Waals surface area (Å²) in [6.45, 7) is 5.24. The van der Waals surface area contributed by atoms with Crippen molar-refractivity contribution < 1.29 is 13.2 Å². The molecule has 1 aromatic rings. The number of amides is 1. The standard InChI is InChI=1S/C12H16N2O3S/c1-3-4-5-12(15)14-11-7-6-10(8-9(11)2)18(13,16)17/h3,6-8H,1,4-5H2,2H3,(H,14,15)(H2,13,16,17). The molecular formula is C12H16N2O3S. The van der Waals surface area contributed by atoms with Gasteiger partial charge in [0.2, 0.25) is 15.9 Å². The summed E-state index contributed by atoms with van der Waals surface area (Å²) in [6.07, 6.45) is 2.61. The van der Waals surface area contributed by atoms with Gasteiger partial charge >= 0.3 is 0 Å². The van der Waals surface area contributed by atoms with Gasteiger partial charge in [-0.2, -0.15) is 0 Å². The summed E-state index contributed by atoms with van der Waals surface area (Å²) < 4.78 is 22.3. The Labute approximate surface area is 107 Å². The van der Waals surface area contributed by atoms with Gasteiger partial charge in [-0.1, -0.05) is 6.08 Å². The zero-order valence-corrected chi connectivity index (χ0v) is 11.0. The topological polar surface area (TPSA) is 89.3 Å². The lowest BCUT2D eigenvalue weighted by Crippen LogP contribution is -2.14. The Morgan fingerprint density at radius 2 is 2.17 bits per heavy atom.